The van der Waals surface area contributed by atoms with Crippen LogP contribution < -0.4 is 4.90 Å². The van der Waals surface area contributed by atoms with Gasteiger partial charge in [0.2, 0.25) is 11.8 Å². The molecule has 7 nitrogen and oxygen atoms in total. The van der Waals surface area contributed by atoms with Gasteiger partial charge in [0.25, 0.3) is 0 Å². The van der Waals surface area contributed by atoms with Gasteiger partial charge >= 0.3 is 11.9 Å². The summed E-state index contributed by atoms with van der Waals surface area (Å²) in [6.07, 6.45) is 7.05. The summed E-state index contributed by atoms with van der Waals surface area (Å²) in [6, 6.07) is 6.10. The van der Waals surface area contributed by atoms with Crippen LogP contribution in [0.2, 0.25) is 0 Å². The first-order chi connectivity index (χ1) is 17.9. The molecule has 6 aliphatic rings. The molecule has 1 saturated heterocycles. The number of anilines is 1. The maximum absolute atomic E-state index is 14.3. The Hall–Kier alpha value is -2.96. The van der Waals surface area contributed by atoms with E-state index in [-0.39, 0.29) is 46.5 Å². The number of carbonyl (C=O) groups excluding carboxylic acids is 2. The molecule has 5 aliphatic carbocycles. The molecule has 1 heterocycles. The minimum absolute atomic E-state index is 0.0288. The van der Waals surface area contributed by atoms with Crippen LogP contribution in [-0.4, -0.2) is 34.0 Å². The molecule has 0 aromatic heterocycles. The Morgan fingerprint density at radius 1 is 1.03 bits per heavy atom. The summed E-state index contributed by atoms with van der Waals surface area (Å²) in [5, 5.41) is 19.8. The first-order valence-electron chi connectivity index (χ1n) is 14.0. The normalized spacial score (nSPS) is 41.4. The molecule has 4 fully saturated rings. The number of carboxylic acids is 2. The third-order valence-corrected chi connectivity index (χ3v) is 11.5. The molecule has 38 heavy (non-hydrogen) atoms. The van der Waals surface area contributed by atoms with Crippen molar-refractivity contribution >= 4 is 29.4 Å². The van der Waals surface area contributed by atoms with E-state index in [0.717, 1.165) is 25.7 Å². The fourth-order valence-electron chi connectivity index (χ4n) is 9.99. The van der Waals surface area contributed by atoms with Crippen LogP contribution in [-0.2, 0) is 14.4 Å². The third kappa shape index (κ3) is 3.02. The highest BCUT2D eigenvalue weighted by atomic mass is 16.4. The molecule has 0 radical (unpaired) electrons. The summed E-state index contributed by atoms with van der Waals surface area (Å²) in [4.78, 5) is 53.8. The number of allylic oxidation sites excluding steroid dienone is 2. The van der Waals surface area contributed by atoms with Gasteiger partial charge in [0, 0.05) is 5.41 Å². The molecule has 1 aromatic rings. The summed E-state index contributed by atoms with van der Waals surface area (Å²) in [6.45, 7) is 8.48. The number of benzene rings is 1. The van der Waals surface area contributed by atoms with Crippen LogP contribution in [0.3, 0.4) is 0 Å². The molecular formula is C31H37NO6. The van der Waals surface area contributed by atoms with Crippen molar-refractivity contribution in [1.82, 2.24) is 0 Å². The molecule has 2 N–H and O–H groups in total. The molecule has 8 atom stereocenters. The summed E-state index contributed by atoms with van der Waals surface area (Å²) >= 11 is 0. The molecule has 7 rings (SSSR count). The lowest BCUT2D eigenvalue weighted by atomic mass is 9.34. The number of imide groups is 1. The van der Waals surface area contributed by atoms with E-state index in [4.69, 9.17) is 0 Å². The summed E-state index contributed by atoms with van der Waals surface area (Å²) in [5.74, 6) is -2.89. The third-order valence-electron chi connectivity index (χ3n) is 11.5. The number of amides is 2. The number of aliphatic carboxylic acids is 1. The summed E-state index contributed by atoms with van der Waals surface area (Å²) in [7, 11) is 0. The Bertz CT molecular complexity index is 1300. The molecular weight excluding hydrogens is 482 g/mol. The number of carboxylic acid groups (broad SMARTS) is 2. The van der Waals surface area contributed by atoms with Gasteiger partial charge in [0.1, 0.15) is 0 Å². The molecule has 2 bridgehead atoms. The Morgan fingerprint density at radius 3 is 2.42 bits per heavy atom. The number of nitrogens with zero attached hydrogens (tertiary/aromatic N) is 1. The van der Waals surface area contributed by atoms with Gasteiger partial charge in [0.15, 0.2) is 0 Å². The molecule has 1 aromatic carbocycles. The van der Waals surface area contributed by atoms with E-state index in [1.54, 1.807) is 12.1 Å². The fourth-order valence-corrected chi connectivity index (χ4v) is 9.99. The maximum Gasteiger partial charge on any atom is 0.335 e. The minimum Gasteiger partial charge on any atom is -0.481 e. The van der Waals surface area contributed by atoms with Crippen LogP contribution in [0.15, 0.2) is 35.9 Å². The van der Waals surface area contributed by atoms with E-state index in [1.165, 1.54) is 22.6 Å². The largest absolute Gasteiger partial charge is 0.481 e. The van der Waals surface area contributed by atoms with Gasteiger partial charge < -0.3 is 10.2 Å². The van der Waals surface area contributed by atoms with E-state index in [1.807, 2.05) is 6.92 Å². The minimum atomic E-state index is -1.10. The zero-order valence-electron chi connectivity index (χ0n) is 22.6. The van der Waals surface area contributed by atoms with Crippen LogP contribution in [0.4, 0.5) is 5.69 Å². The zero-order valence-corrected chi connectivity index (χ0v) is 22.6. The highest BCUT2D eigenvalue weighted by Crippen LogP contribution is 2.74. The Morgan fingerprint density at radius 2 is 1.76 bits per heavy atom. The standard InChI is InChI=1S/C31H37NO6/c1-16(2)20-15-31-12-9-21-29(3,10-6-11-30(21,4)28(37)38)22(31)14-19(20)23-24(31)26(34)32(25(23)33)18-8-5-7-17(13-18)27(35)36/h5,7-8,13,15-16,19,21-24H,6,9-12,14H2,1-4H3,(H,35,36)(H,37,38)/t19-,21+,22+,23-,24-,29+,30-,31+/m1/s1. The fraction of sp³-hybridized carbons (Fsp3) is 0.613. The molecule has 2 amide bonds. The molecule has 3 saturated carbocycles. The van der Waals surface area contributed by atoms with E-state index in [2.05, 4.69) is 26.8 Å². The predicted molar refractivity (Wildman–Crippen MR) is 140 cm³/mol. The Balaban J connectivity index is 1.48. The van der Waals surface area contributed by atoms with Crippen LogP contribution in [0.25, 0.3) is 0 Å². The lowest BCUT2D eigenvalue weighted by Gasteiger charge is -2.68. The van der Waals surface area contributed by atoms with E-state index < -0.39 is 34.6 Å². The van der Waals surface area contributed by atoms with Crippen molar-refractivity contribution in [2.24, 2.45) is 51.8 Å². The second-order valence-corrected chi connectivity index (χ2v) is 13.4. The van der Waals surface area contributed by atoms with Crippen LogP contribution in [0, 0.1) is 51.8 Å². The zero-order chi connectivity index (χ0) is 27.4. The quantitative estimate of drug-likeness (QED) is 0.407. The highest BCUT2D eigenvalue weighted by Gasteiger charge is 2.73. The molecule has 7 heteroatoms. The second-order valence-electron chi connectivity index (χ2n) is 13.4. The number of hydrogen-bond acceptors (Lipinski definition) is 4. The Labute approximate surface area is 223 Å². The SMILES string of the molecule is CC(C)C1=C[C@@]23CC[C@H]4[C@](C)(CCC[C@@]4(C)C(=O)O)[C@@H]2C[C@H]1[C@H]1C(=O)N(c2cccc(C(=O)O)c2)C(=O)[C@@H]13. The Kier molecular flexibility index (Phi) is 5.35. The average Bonchev–Trinajstić information content (AvgIpc) is 3.15. The van der Waals surface area contributed by atoms with Crippen molar-refractivity contribution < 1.29 is 29.4 Å². The van der Waals surface area contributed by atoms with Gasteiger partial charge in [0.05, 0.1) is 28.5 Å². The maximum atomic E-state index is 14.3. The van der Waals surface area contributed by atoms with Gasteiger partial charge in [-0.2, -0.15) is 0 Å². The predicted octanol–water partition coefficient (Wildman–Crippen LogP) is 5.40. The van der Waals surface area contributed by atoms with Crippen molar-refractivity contribution in [2.45, 2.75) is 66.2 Å². The van der Waals surface area contributed by atoms with Crippen molar-refractivity contribution in [3.8, 4) is 0 Å². The molecule has 1 aliphatic heterocycles. The molecule has 0 unspecified atom stereocenters. The van der Waals surface area contributed by atoms with E-state index in [9.17, 15) is 29.4 Å². The molecule has 1 spiro atoms. The van der Waals surface area contributed by atoms with Gasteiger partial charge in [-0.25, -0.2) is 9.69 Å². The van der Waals surface area contributed by atoms with E-state index >= 15 is 0 Å². The summed E-state index contributed by atoms with van der Waals surface area (Å²) < 4.78 is 0. The second kappa shape index (κ2) is 8.03. The lowest BCUT2D eigenvalue weighted by molar-refractivity contribution is -0.194. The summed E-state index contributed by atoms with van der Waals surface area (Å²) in [5.41, 5.74) is 0.112. The first kappa shape index (κ1) is 25.3. The van der Waals surface area contributed by atoms with Crippen molar-refractivity contribution in [1.29, 1.82) is 0 Å². The van der Waals surface area contributed by atoms with Crippen LogP contribution in [0.1, 0.15) is 76.6 Å². The topological polar surface area (TPSA) is 112 Å². The number of aromatic carboxylic acids is 1. The number of fused-ring (bicyclic) bond motifs is 1. The smallest absolute Gasteiger partial charge is 0.335 e. The monoisotopic (exact) mass is 519 g/mol. The van der Waals surface area contributed by atoms with Crippen molar-refractivity contribution in [3.63, 3.8) is 0 Å². The average molecular weight is 520 g/mol. The molecule has 202 valence electrons. The van der Waals surface area contributed by atoms with Crippen LogP contribution in [0.5, 0.6) is 0 Å². The van der Waals surface area contributed by atoms with Gasteiger partial charge in [-0.3, -0.25) is 14.4 Å². The number of rotatable bonds is 4. The number of carbonyl (C=O) groups is 4. The van der Waals surface area contributed by atoms with Crippen LogP contribution >= 0.6 is 0 Å². The number of hydrogen-bond donors (Lipinski definition) is 2. The van der Waals surface area contributed by atoms with Gasteiger partial charge in [-0.15, -0.1) is 0 Å². The van der Waals surface area contributed by atoms with Gasteiger partial charge in [-0.1, -0.05) is 44.9 Å². The van der Waals surface area contributed by atoms with E-state index in [0.29, 0.717) is 18.5 Å². The highest BCUT2D eigenvalue weighted by molar-refractivity contribution is 6.23. The first-order valence-corrected chi connectivity index (χ1v) is 14.0. The van der Waals surface area contributed by atoms with Crippen molar-refractivity contribution in [3.05, 3.63) is 41.5 Å². The van der Waals surface area contributed by atoms with Crippen molar-refractivity contribution in [2.75, 3.05) is 4.90 Å². The lowest BCUT2D eigenvalue weighted by Crippen LogP contribution is -2.65. The van der Waals surface area contributed by atoms with Gasteiger partial charge in [-0.05, 0) is 86.3 Å².